The van der Waals surface area contributed by atoms with Crippen LogP contribution in [0, 0.1) is 0 Å². The molecule has 0 spiro atoms. The molecule has 0 aliphatic heterocycles. The van der Waals surface area contributed by atoms with Gasteiger partial charge in [0.25, 0.3) is 0 Å². The Morgan fingerprint density at radius 3 is 2.73 bits per heavy atom. The quantitative estimate of drug-likeness (QED) is 0.828. The van der Waals surface area contributed by atoms with Crippen LogP contribution >= 0.6 is 0 Å². The summed E-state index contributed by atoms with van der Waals surface area (Å²) in [7, 11) is 0. The molecule has 0 bridgehead atoms. The molecule has 1 aromatic heterocycles. The summed E-state index contributed by atoms with van der Waals surface area (Å²) >= 11 is 0. The van der Waals surface area contributed by atoms with Crippen molar-refractivity contribution in [3.8, 4) is 5.69 Å². The molecule has 0 saturated carbocycles. The van der Waals surface area contributed by atoms with Gasteiger partial charge >= 0.3 is 0 Å². The van der Waals surface area contributed by atoms with Gasteiger partial charge < -0.3 is 5.73 Å². The monoisotopic (exact) mass is 201 g/mol. The van der Waals surface area contributed by atoms with E-state index in [1.807, 2.05) is 47.4 Å². The standard InChI is InChI=1S/C12H15N3/c1-2-12(13)10-8-14-15(9-10)11-6-4-3-5-7-11/h3-9,12H,2,13H2,1H3/t12-/m1/s1. The molecule has 1 heterocycles. The summed E-state index contributed by atoms with van der Waals surface area (Å²) in [5, 5.41) is 4.29. The Morgan fingerprint density at radius 2 is 2.07 bits per heavy atom. The molecule has 78 valence electrons. The molecule has 0 unspecified atom stereocenters. The van der Waals surface area contributed by atoms with Crippen LogP contribution in [0.5, 0.6) is 0 Å². The third kappa shape index (κ3) is 2.07. The number of hydrogen-bond donors (Lipinski definition) is 1. The van der Waals surface area contributed by atoms with Crippen LogP contribution in [0.1, 0.15) is 24.9 Å². The fourth-order valence-corrected chi connectivity index (χ4v) is 1.49. The van der Waals surface area contributed by atoms with Crippen LogP contribution < -0.4 is 5.73 Å². The summed E-state index contributed by atoms with van der Waals surface area (Å²) in [6, 6.07) is 10.1. The largest absolute Gasteiger partial charge is 0.324 e. The van der Waals surface area contributed by atoms with Gasteiger partial charge in [0.05, 0.1) is 11.9 Å². The molecule has 3 heteroatoms. The highest BCUT2D eigenvalue weighted by atomic mass is 15.3. The Morgan fingerprint density at radius 1 is 1.33 bits per heavy atom. The lowest BCUT2D eigenvalue weighted by Gasteiger charge is -2.04. The number of nitrogens with zero attached hydrogens (tertiary/aromatic N) is 2. The molecule has 2 rings (SSSR count). The average molecular weight is 201 g/mol. The second kappa shape index (κ2) is 4.28. The minimum atomic E-state index is 0.0856. The summed E-state index contributed by atoms with van der Waals surface area (Å²) in [5.74, 6) is 0. The summed E-state index contributed by atoms with van der Waals surface area (Å²) in [6.45, 7) is 2.07. The van der Waals surface area contributed by atoms with E-state index in [0.29, 0.717) is 0 Å². The minimum absolute atomic E-state index is 0.0856. The van der Waals surface area contributed by atoms with Gasteiger partial charge in [-0.1, -0.05) is 25.1 Å². The van der Waals surface area contributed by atoms with Crippen molar-refractivity contribution in [2.24, 2.45) is 5.73 Å². The van der Waals surface area contributed by atoms with Crippen molar-refractivity contribution in [2.45, 2.75) is 19.4 Å². The van der Waals surface area contributed by atoms with Crippen LogP contribution in [-0.2, 0) is 0 Å². The molecular weight excluding hydrogens is 186 g/mol. The molecule has 3 nitrogen and oxygen atoms in total. The number of para-hydroxylation sites is 1. The smallest absolute Gasteiger partial charge is 0.0645 e. The molecule has 0 aliphatic rings. The van der Waals surface area contributed by atoms with E-state index in [4.69, 9.17) is 5.73 Å². The lowest BCUT2D eigenvalue weighted by Crippen LogP contribution is -2.07. The van der Waals surface area contributed by atoms with Gasteiger partial charge in [-0.25, -0.2) is 4.68 Å². The number of hydrogen-bond acceptors (Lipinski definition) is 2. The van der Waals surface area contributed by atoms with Crippen LogP contribution in [0.4, 0.5) is 0 Å². The van der Waals surface area contributed by atoms with Crippen molar-refractivity contribution >= 4 is 0 Å². The highest BCUT2D eigenvalue weighted by molar-refractivity contribution is 5.31. The van der Waals surface area contributed by atoms with Crippen LogP contribution in [0.2, 0.25) is 0 Å². The summed E-state index contributed by atoms with van der Waals surface area (Å²) in [5.41, 5.74) is 8.08. The predicted octanol–water partition coefficient (Wildman–Crippen LogP) is 2.28. The summed E-state index contributed by atoms with van der Waals surface area (Å²) < 4.78 is 1.85. The first-order valence-electron chi connectivity index (χ1n) is 5.17. The van der Waals surface area contributed by atoms with Crippen molar-refractivity contribution in [2.75, 3.05) is 0 Å². The maximum Gasteiger partial charge on any atom is 0.0645 e. The van der Waals surface area contributed by atoms with Crippen LogP contribution in [0.3, 0.4) is 0 Å². The normalized spacial score (nSPS) is 12.7. The van der Waals surface area contributed by atoms with Crippen molar-refractivity contribution in [3.05, 3.63) is 48.3 Å². The van der Waals surface area contributed by atoms with E-state index in [1.54, 1.807) is 0 Å². The first-order valence-corrected chi connectivity index (χ1v) is 5.17. The van der Waals surface area contributed by atoms with Crippen molar-refractivity contribution in [3.63, 3.8) is 0 Å². The van der Waals surface area contributed by atoms with Gasteiger partial charge in [-0.15, -0.1) is 0 Å². The SMILES string of the molecule is CC[C@@H](N)c1cnn(-c2ccccc2)c1. The van der Waals surface area contributed by atoms with Crippen LogP contribution in [0.15, 0.2) is 42.7 Å². The van der Waals surface area contributed by atoms with Gasteiger partial charge in [0.2, 0.25) is 0 Å². The van der Waals surface area contributed by atoms with E-state index in [9.17, 15) is 0 Å². The Hall–Kier alpha value is -1.61. The third-order valence-electron chi connectivity index (χ3n) is 2.49. The molecule has 1 aromatic carbocycles. The summed E-state index contributed by atoms with van der Waals surface area (Å²) in [4.78, 5) is 0. The van der Waals surface area contributed by atoms with Crippen molar-refractivity contribution in [1.82, 2.24) is 9.78 Å². The van der Waals surface area contributed by atoms with Crippen LogP contribution in [-0.4, -0.2) is 9.78 Å². The topological polar surface area (TPSA) is 43.8 Å². The predicted molar refractivity (Wildman–Crippen MR) is 60.8 cm³/mol. The van der Waals surface area contributed by atoms with E-state index < -0.39 is 0 Å². The first kappa shape index (κ1) is 9.93. The molecule has 15 heavy (non-hydrogen) atoms. The van der Waals surface area contributed by atoms with Crippen molar-refractivity contribution in [1.29, 1.82) is 0 Å². The number of aromatic nitrogens is 2. The fourth-order valence-electron chi connectivity index (χ4n) is 1.49. The van der Waals surface area contributed by atoms with Crippen LogP contribution in [0.25, 0.3) is 5.69 Å². The molecule has 0 amide bonds. The second-order valence-corrected chi connectivity index (χ2v) is 3.57. The van der Waals surface area contributed by atoms with E-state index in [0.717, 1.165) is 17.7 Å². The Kier molecular flexibility index (Phi) is 2.83. The van der Waals surface area contributed by atoms with Gasteiger partial charge in [0, 0.05) is 17.8 Å². The van der Waals surface area contributed by atoms with Gasteiger partial charge in [-0.2, -0.15) is 5.10 Å². The van der Waals surface area contributed by atoms with Gasteiger partial charge in [-0.3, -0.25) is 0 Å². The molecule has 2 aromatic rings. The number of rotatable bonds is 3. The zero-order valence-electron chi connectivity index (χ0n) is 8.80. The Balaban J connectivity index is 2.28. The first-order chi connectivity index (χ1) is 7.31. The fraction of sp³-hybridized carbons (Fsp3) is 0.250. The number of nitrogens with two attached hydrogens (primary N) is 1. The zero-order valence-corrected chi connectivity index (χ0v) is 8.80. The lowest BCUT2D eigenvalue weighted by atomic mass is 10.1. The van der Waals surface area contributed by atoms with E-state index in [2.05, 4.69) is 12.0 Å². The third-order valence-corrected chi connectivity index (χ3v) is 2.49. The average Bonchev–Trinajstić information content (AvgIpc) is 2.78. The second-order valence-electron chi connectivity index (χ2n) is 3.57. The Bertz CT molecular complexity index is 419. The molecule has 2 N–H and O–H groups in total. The minimum Gasteiger partial charge on any atom is -0.324 e. The number of benzene rings is 1. The van der Waals surface area contributed by atoms with E-state index in [-0.39, 0.29) is 6.04 Å². The summed E-state index contributed by atoms with van der Waals surface area (Å²) in [6.07, 6.45) is 4.76. The van der Waals surface area contributed by atoms with Crippen molar-refractivity contribution < 1.29 is 0 Å². The lowest BCUT2D eigenvalue weighted by molar-refractivity contribution is 0.698. The molecular formula is C12H15N3. The molecule has 0 fully saturated rings. The molecule has 1 atom stereocenters. The van der Waals surface area contributed by atoms with Gasteiger partial charge in [-0.05, 0) is 18.6 Å². The molecule has 0 saturated heterocycles. The highest BCUT2D eigenvalue weighted by Crippen LogP contribution is 2.14. The van der Waals surface area contributed by atoms with Gasteiger partial charge in [0.1, 0.15) is 0 Å². The molecule has 0 aliphatic carbocycles. The van der Waals surface area contributed by atoms with E-state index >= 15 is 0 Å². The van der Waals surface area contributed by atoms with Gasteiger partial charge in [0.15, 0.2) is 0 Å². The Labute approximate surface area is 89.5 Å². The zero-order chi connectivity index (χ0) is 10.7. The van der Waals surface area contributed by atoms with E-state index in [1.165, 1.54) is 0 Å². The highest BCUT2D eigenvalue weighted by Gasteiger charge is 2.06. The molecule has 0 radical (unpaired) electrons. The maximum absolute atomic E-state index is 5.93. The maximum atomic E-state index is 5.93.